The Hall–Kier alpha value is -2.80. The van der Waals surface area contributed by atoms with Crippen molar-refractivity contribution in [3.63, 3.8) is 0 Å². The van der Waals surface area contributed by atoms with Crippen LogP contribution in [-0.4, -0.2) is 53.1 Å². The lowest BCUT2D eigenvalue weighted by atomic mass is 10.1. The highest BCUT2D eigenvalue weighted by Crippen LogP contribution is 2.26. The SMILES string of the molecule is COc1ccc(S(=O)(=O)N(Cc2cccnc2)[C@@H](C(=O)NO)[C@@H](C)OCc2cccnc2)cc1.Cl.Cl. The average Bonchev–Trinajstić information content (AvgIpc) is 2.88. The van der Waals surface area contributed by atoms with E-state index in [4.69, 9.17) is 9.47 Å². The summed E-state index contributed by atoms with van der Waals surface area (Å²) in [6, 6.07) is 11.3. The maximum Gasteiger partial charge on any atom is 0.264 e. The fourth-order valence-electron chi connectivity index (χ4n) is 3.33. The molecule has 2 aromatic heterocycles. The number of amides is 1. The number of nitrogens with one attached hydrogen (secondary N) is 1. The molecule has 0 radical (unpaired) electrons. The van der Waals surface area contributed by atoms with Gasteiger partial charge in [-0.3, -0.25) is 20.0 Å². The number of hydrogen-bond donors (Lipinski definition) is 2. The lowest BCUT2D eigenvalue weighted by Gasteiger charge is -2.33. The number of halogens is 2. The summed E-state index contributed by atoms with van der Waals surface area (Å²) in [5.41, 5.74) is 2.87. The summed E-state index contributed by atoms with van der Waals surface area (Å²) in [4.78, 5) is 20.8. The molecule has 1 amide bonds. The fraction of sp³-hybridized carbons (Fsp3) is 0.261. The van der Waals surface area contributed by atoms with E-state index in [0.717, 1.165) is 9.87 Å². The van der Waals surface area contributed by atoms with Gasteiger partial charge in [-0.25, -0.2) is 13.9 Å². The van der Waals surface area contributed by atoms with Gasteiger partial charge in [0.1, 0.15) is 11.8 Å². The first-order valence-electron chi connectivity index (χ1n) is 10.4. The Morgan fingerprint density at radius 1 is 1.03 bits per heavy atom. The van der Waals surface area contributed by atoms with Gasteiger partial charge in [-0.05, 0) is 54.4 Å². The third-order valence-electron chi connectivity index (χ3n) is 5.10. The first-order chi connectivity index (χ1) is 16.4. The zero-order valence-corrected chi connectivity index (χ0v) is 22.0. The fourth-order valence-corrected chi connectivity index (χ4v) is 4.97. The van der Waals surface area contributed by atoms with Gasteiger partial charge in [0, 0.05) is 31.3 Å². The van der Waals surface area contributed by atoms with Crippen LogP contribution in [0.25, 0.3) is 0 Å². The van der Waals surface area contributed by atoms with Crippen LogP contribution < -0.4 is 10.2 Å². The lowest BCUT2D eigenvalue weighted by Crippen LogP contribution is -2.54. The van der Waals surface area contributed by atoms with Gasteiger partial charge in [-0.2, -0.15) is 4.31 Å². The smallest absolute Gasteiger partial charge is 0.264 e. The Bertz CT molecular complexity index is 1170. The first-order valence-corrected chi connectivity index (χ1v) is 11.8. The van der Waals surface area contributed by atoms with Crippen molar-refractivity contribution in [1.29, 1.82) is 0 Å². The van der Waals surface area contributed by atoms with Gasteiger partial charge in [0.2, 0.25) is 10.0 Å². The van der Waals surface area contributed by atoms with Gasteiger partial charge in [0.25, 0.3) is 5.91 Å². The topological polar surface area (TPSA) is 131 Å². The van der Waals surface area contributed by atoms with Crippen LogP contribution in [0.2, 0.25) is 0 Å². The number of benzene rings is 1. The maximum absolute atomic E-state index is 13.7. The van der Waals surface area contributed by atoms with E-state index in [1.165, 1.54) is 37.6 Å². The number of pyridine rings is 2. The summed E-state index contributed by atoms with van der Waals surface area (Å²) in [7, 11) is -2.75. The van der Waals surface area contributed by atoms with Gasteiger partial charge in [0.15, 0.2) is 0 Å². The predicted octanol–water partition coefficient (Wildman–Crippen LogP) is 3.00. The summed E-state index contributed by atoms with van der Waals surface area (Å²) in [5, 5.41) is 9.44. The number of methoxy groups -OCH3 is 1. The van der Waals surface area contributed by atoms with Crippen LogP contribution >= 0.6 is 24.8 Å². The van der Waals surface area contributed by atoms with Crippen LogP contribution in [0.1, 0.15) is 18.1 Å². The molecule has 0 aliphatic heterocycles. The number of carbonyl (C=O) groups excluding carboxylic acids is 1. The minimum absolute atomic E-state index is 0. The predicted molar refractivity (Wildman–Crippen MR) is 137 cm³/mol. The Balaban J connectivity index is 0.00000324. The molecular formula is C23H28Cl2N4O6S. The molecule has 196 valence electrons. The van der Waals surface area contributed by atoms with Crippen molar-refractivity contribution < 1.29 is 27.9 Å². The second-order valence-electron chi connectivity index (χ2n) is 7.39. The van der Waals surface area contributed by atoms with Crippen molar-refractivity contribution >= 4 is 40.7 Å². The molecule has 10 nitrogen and oxygen atoms in total. The molecule has 0 fully saturated rings. The van der Waals surface area contributed by atoms with Crippen molar-refractivity contribution in [2.45, 2.75) is 37.1 Å². The van der Waals surface area contributed by atoms with E-state index < -0.39 is 28.1 Å². The molecule has 0 bridgehead atoms. The third-order valence-corrected chi connectivity index (χ3v) is 6.94. The van der Waals surface area contributed by atoms with Crippen LogP contribution in [0.4, 0.5) is 0 Å². The van der Waals surface area contributed by atoms with Gasteiger partial charge in [-0.15, -0.1) is 24.8 Å². The zero-order chi connectivity index (χ0) is 24.6. The summed E-state index contributed by atoms with van der Waals surface area (Å²) in [5.74, 6) is -0.449. The second kappa shape index (κ2) is 14.7. The molecule has 36 heavy (non-hydrogen) atoms. The number of hydroxylamine groups is 1. The molecule has 3 rings (SSSR count). The Labute approximate surface area is 222 Å². The molecule has 0 saturated carbocycles. The normalized spacial score (nSPS) is 12.6. The van der Waals surface area contributed by atoms with Crippen LogP contribution in [0.3, 0.4) is 0 Å². The van der Waals surface area contributed by atoms with Crippen molar-refractivity contribution in [2.24, 2.45) is 0 Å². The number of hydrogen-bond acceptors (Lipinski definition) is 8. The van der Waals surface area contributed by atoms with E-state index >= 15 is 0 Å². The highest BCUT2D eigenvalue weighted by atomic mass is 35.5. The highest BCUT2D eigenvalue weighted by molar-refractivity contribution is 7.89. The van der Waals surface area contributed by atoms with Crippen molar-refractivity contribution in [3.8, 4) is 5.75 Å². The van der Waals surface area contributed by atoms with Crippen LogP contribution in [0.5, 0.6) is 5.75 Å². The van der Waals surface area contributed by atoms with Gasteiger partial charge in [-0.1, -0.05) is 12.1 Å². The van der Waals surface area contributed by atoms with Crippen LogP contribution in [0.15, 0.2) is 78.2 Å². The van der Waals surface area contributed by atoms with Gasteiger partial charge in [0.05, 0.1) is 24.7 Å². The number of rotatable bonds is 11. The standard InChI is InChI=1S/C23H26N4O6S.2ClH/c1-17(33-16-19-6-4-12-25-14-19)22(23(28)26-29)27(15-18-5-3-11-24-13-18)34(30,31)21-9-7-20(32-2)8-10-21;;/h3-14,17,22,29H,15-16H2,1-2H3,(H,26,28);2*1H/t17-,22-;;/m1../s1. The van der Waals surface area contributed by atoms with Gasteiger partial charge < -0.3 is 9.47 Å². The molecule has 0 aliphatic carbocycles. The van der Waals surface area contributed by atoms with E-state index in [-0.39, 0.29) is 42.9 Å². The number of nitrogens with zero attached hydrogens (tertiary/aromatic N) is 3. The summed E-state index contributed by atoms with van der Waals surface area (Å²) >= 11 is 0. The molecule has 2 N–H and O–H groups in total. The summed E-state index contributed by atoms with van der Waals surface area (Å²) in [6.45, 7) is 1.48. The van der Waals surface area contributed by atoms with Crippen molar-refractivity contribution in [3.05, 3.63) is 84.4 Å². The number of carbonyl (C=O) groups is 1. The van der Waals surface area contributed by atoms with Crippen molar-refractivity contribution in [1.82, 2.24) is 19.8 Å². The molecule has 0 aliphatic rings. The molecule has 13 heteroatoms. The molecular weight excluding hydrogens is 531 g/mol. The van der Waals surface area contributed by atoms with E-state index in [9.17, 15) is 18.4 Å². The van der Waals surface area contributed by atoms with Crippen LogP contribution in [0, 0.1) is 0 Å². The van der Waals surface area contributed by atoms with Crippen molar-refractivity contribution in [2.75, 3.05) is 7.11 Å². The quantitative estimate of drug-likeness (QED) is 0.271. The minimum atomic E-state index is -4.22. The van der Waals surface area contributed by atoms with E-state index in [1.807, 2.05) is 0 Å². The largest absolute Gasteiger partial charge is 0.497 e. The Morgan fingerprint density at radius 3 is 2.11 bits per heavy atom. The van der Waals surface area contributed by atoms with E-state index in [2.05, 4.69) is 9.97 Å². The Kier molecular flexibility index (Phi) is 12.7. The van der Waals surface area contributed by atoms with Crippen LogP contribution in [-0.2, 0) is 32.7 Å². The molecule has 0 spiro atoms. The number of ether oxygens (including phenoxy) is 2. The first kappa shape index (κ1) is 31.2. The molecule has 2 atom stereocenters. The molecule has 1 aromatic carbocycles. The third kappa shape index (κ3) is 7.85. The number of aromatic nitrogens is 2. The average molecular weight is 559 g/mol. The van der Waals surface area contributed by atoms with E-state index in [1.54, 1.807) is 55.3 Å². The highest BCUT2D eigenvalue weighted by Gasteiger charge is 2.40. The monoisotopic (exact) mass is 558 g/mol. The van der Waals surface area contributed by atoms with Gasteiger partial charge >= 0.3 is 0 Å². The minimum Gasteiger partial charge on any atom is -0.497 e. The molecule has 3 aromatic rings. The van der Waals surface area contributed by atoms with E-state index in [0.29, 0.717) is 11.3 Å². The summed E-state index contributed by atoms with van der Waals surface area (Å²) < 4.78 is 39.4. The molecule has 2 heterocycles. The lowest BCUT2D eigenvalue weighted by molar-refractivity contribution is -0.138. The zero-order valence-electron chi connectivity index (χ0n) is 19.6. The second-order valence-corrected chi connectivity index (χ2v) is 9.28. The Morgan fingerprint density at radius 2 is 1.61 bits per heavy atom. The molecule has 0 unspecified atom stereocenters. The molecule has 0 saturated heterocycles. The maximum atomic E-state index is 13.7. The number of sulfonamides is 1. The summed E-state index contributed by atoms with van der Waals surface area (Å²) in [6.07, 6.45) is 5.35.